The standard InChI is InChI=1S/C80H90N4O16/c1-9-17-29-93-73(85)51-37-49(38-52(41-51)74(86)94-30-18-10-2)69-65-27-25-55(81-65)43-67-57-45-61(77(89)97-33-21-13-5)63(79(91)99-35-23-15-7)47-59(57)71(83-67)70(50-39-53(75(87)95-31-19-11-3)42-54(40-50)76(88)96-32-20-12-4)72-60-48-64(80(92)100-36-24-16-8)62(78(90)98-34-22-14-6)46-58(60)68(84-72)44-56-26-28-66(69)82-56/h25-28,37-48,81,84H,9-24,29-36H2,1-8H3. The molecule has 3 aromatic heterocycles. The van der Waals surface area contributed by atoms with E-state index in [1.807, 2.05) is 61.5 Å². The lowest BCUT2D eigenvalue weighted by molar-refractivity contribution is 0.0452. The third kappa shape index (κ3) is 18.0. The number of carbonyl (C=O) groups excluding carboxylic acids is 8. The summed E-state index contributed by atoms with van der Waals surface area (Å²) in [4.78, 5) is 134. The Kier molecular flexibility index (Phi) is 26.7. The zero-order valence-corrected chi connectivity index (χ0v) is 58.6. The van der Waals surface area contributed by atoms with Gasteiger partial charge in [-0.05, 0) is 160 Å². The Morgan fingerprint density at radius 1 is 0.340 bits per heavy atom. The first-order valence-electron chi connectivity index (χ1n) is 35.4. The Balaban J connectivity index is 1.52. The molecule has 7 aromatic rings. The van der Waals surface area contributed by atoms with E-state index >= 15 is 0 Å². The SMILES string of the molecule is CCCCOC(=O)c1cc(C(=O)OCCCC)cc(-c2c3nc(cc4[nH]c(c(-c5cc(C(=O)OCCCC)cc(C(=O)OCCCC)c5)c5nc(cc6ccc2[nH]6)-c2cc(C(=O)OCCCC)c(C(=O)OCCCC)cc2-5)c2cc(C(=O)OCCCC)c(C(=O)OCCCC)cc42)C=C3)c1. The van der Waals surface area contributed by atoms with E-state index in [-0.39, 0.29) is 131 Å². The van der Waals surface area contributed by atoms with Crippen LogP contribution in [0.5, 0.6) is 0 Å². The molecule has 9 rings (SSSR count). The molecule has 0 atom stereocenters. The topological polar surface area (TPSA) is 268 Å². The van der Waals surface area contributed by atoms with E-state index in [9.17, 15) is 38.4 Å². The number of ether oxygens (including phenoxy) is 8. The van der Waals surface area contributed by atoms with Crippen molar-refractivity contribution < 1.29 is 76.3 Å². The maximum Gasteiger partial charge on any atom is 0.339 e. The predicted octanol–water partition coefficient (Wildman–Crippen LogP) is 18.0. The summed E-state index contributed by atoms with van der Waals surface area (Å²) in [5.41, 5.74) is 4.21. The number of nitrogens with one attached hydrogen (secondary N) is 2. The smallest absolute Gasteiger partial charge is 0.339 e. The van der Waals surface area contributed by atoms with Gasteiger partial charge in [0.1, 0.15) is 0 Å². The average molecular weight is 1360 g/mol. The molecule has 0 saturated carbocycles. The summed E-state index contributed by atoms with van der Waals surface area (Å²) in [5, 5.41) is 0.674. The van der Waals surface area contributed by atoms with Crippen molar-refractivity contribution >= 4 is 92.7 Å². The fraction of sp³-hybridized carbons (Fsp3) is 0.400. The van der Waals surface area contributed by atoms with Gasteiger partial charge in [-0.25, -0.2) is 48.3 Å². The van der Waals surface area contributed by atoms with Crippen LogP contribution in [0.15, 0.2) is 84.9 Å². The first kappa shape index (κ1) is 74.0. The second-order valence-corrected chi connectivity index (χ2v) is 24.8. The van der Waals surface area contributed by atoms with E-state index in [0.29, 0.717) is 132 Å². The predicted molar refractivity (Wildman–Crippen MR) is 384 cm³/mol. The van der Waals surface area contributed by atoms with Crippen LogP contribution in [0, 0.1) is 0 Å². The normalized spacial score (nSPS) is 11.4. The second kappa shape index (κ2) is 36.0. The Labute approximate surface area is 582 Å². The van der Waals surface area contributed by atoms with Crippen molar-refractivity contribution in [2.24, 2.45) is 0 Å². The van der Waals surface area contributed by atoms with Crippen LogP contribution in [-0.4, -0.2) is 121 Å². The average Bonchev–Trinajstić information content (AvgIpc) is 1.56. The van der Waals surface area contributed by atoms with Gasteiger partial charge in [0.25, 0.3) is 0 Å². The summed E-state index contributed by atoms with van der Waals surface area (Å²) in [5.74, 6) is -5.98. The minimum Gasteiger partial charge on any atom is -0.462 e. The van der Waals surface area contributed by atoms with Crippen molar-refractivity contribution in [3.05, 3.63) is 141 Å². The number of benzene rings is 4. The highest BCUT2D eigenvalue weighted by atomic mass is 16.6. The van der Waals surface area contributed by atoms with Gasteiger partial charge in [-0.1, -0.05) is 107 Å². The lowest BCUT2D eigenvalue weighted by Crippen LogP contribution is -2.15. The second-order valence-electron chi connectivity index (χ2n) is 24.8. The molecule has 0 fully saturated rings. The molecule has 0 amide bonds. The molecular formula is C80H90N4O16. The van der Waals surface area contributed by atoms with Gasteiger partial charge in [-0.2, -0.15) is 0 Å². The third-order valence-electron chi connectivity index (χ3n) is 17.0. The molecule has 0 spiro atoms. The van der Waals surface area contributed by atoms with Crippen molar-refractivity contribution in [2.45, 2.75) is 158 Å². The maximum atomic E-state index is 14.8. The van der Waals surface area contributed by atoms with Gasteiger partial charge in [0.2, 0.25) is 0 Å². The number of H-pyrrole nitrogens is 2. The highest BCUT2D eigenvalue weighted by Gasteiger charge is 2.32. The number of aromatic amines is 2. The Bertz CT molecular complexity index is 4320. The van der Waals surface area contributed by atoms with Gasteiger partial charge < -0.3 is 47.9 Å². The minimum atomic E-state index is -0.815. The van der Waals surface area contributed by atoms with Crippen molar-refractivity contribution in [3.63, 3.8) is 0 Å². The van der Waals surface area contributed by atoms with E-state index < -0.39 is 47.8 Å². The van der Waals surface area contributed by atoms with Crippen molar-refractivity contribution in [1.82, 2.24) is 19.9 Å². The molecule has 0 unspecified atom stereocenters. The lowest BCUT2D eigenvalue weighted by atomic mass is 9.91. The van der Waals surface area contributed by atoms with E-state index in [0.717, 1.165) is 25.7 Å². The van der Waals surface area contributed by atoms with Crippen LogP contribution in [0.3, 0.4) is 0 Å². The molecule has 100 heavy (non-hydrogen) atoms. The zero-order valence-electron chi connectivity index (χ0n) is 58.6. The van der Waals surface area contributed by atoms with Gasteiger partial charge >= 0.3 is 47.8 Å². The Morgan fingerprint density at radius 2 is 0.710 bits per heavy atom. The number of esters is 8. The van der Waals surface area contributed by atoms with E-state index in [2.05, 4.69) is 9.97 Å². The van der Waals surface area contributed by atoms with E-state index in [1.165, 1.54) is 18.2 Å². The van der Waals surface area contributed by atoms with Crippen LogP contribution in [0.1, 0.15) is 252 Å². The van der Waals surface area contributed by atoms with Crippen LogP contribution in [0.25, 0.3) is 89.8 Å². The van der Waals surface area contributed by atoms with Gasteiger partial charge in [0, 0.05) is 49.6 Å². The summed E-state index contributed by atoms with van der Waals surface area (Å²) in [6.45, 7) is 16.4. The molecule has 0 radical (unpaired) electrons. The van der Waals surface area contributed by atoms with Gasteiger partial charge in [0.15, 0.2) is 0 Å². The van der Waals surface area contributed by atoms with Crippen molar-refractivity contribution in [3.8, 4) is 44.8 Å². The largest absolute Gasteiger partial charge is 0.462 e. The minimum absolute atomic E-state index is 0.0190. The fourth-order valence-electron chi connectivity index (χ4n) is 11.3. The molecule has 526 valence electrons. The summed E-state index contributed by atoms with van der Waals surface area (Å²) < 4.78 is 46.8. The van der Waals surface area contributed by atoms with Crippen molar-refractivity contribution in [1.29, 1.82) is 0 Å². The number of unbranched alkanes of at least 4 members (excludes halogenated alkanes) is 8. The fourth-order valence-corrected chi connectivity index (χ4v) is 11.3. The molecular weight excluding hydrogens is 1270 g/mol. The molecule has 2 aliphatic heterocycles. The van der Waals surface area contributed by atoms with Crippen LogP contribution < -0.4 is 0 Å². The molecule has 2 N–H and O–H groups in total. The maximum absolute atomic E-state index is 14.8. The molecule has 2 aliphatic rings. The molecule has 20 nitrogen and oxygen atoms in total. The number of hydrogen-bond donors (Lipinski definition) is 2. The molecule has 20 heteroatoms. The van der Waals surface area contributed by atoms with Crippen LogP contribution in [0.2, 0.25) is 0 Å². The first-order chi connectivity index (χ1) is 48.6. The Hall–Kier alpha value is -10.2. The van der Waals surface area contributed by atoms with E-state index in [1.54, 1.807) is 72.8 Å². The molecule has 5 heterocycles. The third-order valence-corrected chi connectivity index (χ3v) is 17.0. The van der Waals surface area contributed by atoms with Gasteiger partial charge in [-0.3, -0.25) is 0 Å². The molecule has 4 aromatic carbocycles. The molecule has 8 bridgehead atoms. The summed E-state index contributed by atoms with van der Waals surface area (Å²) >= 11 is 0. The Morgan fingerprint density at radius 3 is 1.12 bits per heavy atom. The molecule has 0 saturated heterocycles. The summed E-state index contributed by atoms with van der Waals surface area (Å²) in [6.07, 6.45) is 13.9. The number of carbonyl (C=O) groups is 8. The number of hydrogen-bond acceptors (Lipinski definition) is 18. The van der Waals surface area contributed by atoms with Crippen molar-refractivity contribution in [2.75, 3.05) is 52.9 Å². The van der Waals surface area contributed by atoms with Crippen LogP contribution in [-0.2, 0) is 37.9 Å². The van der Waals surface area contributed by atoms with Gasteiger partial charge in [0.05, 0.1) is 126 Å². The number of rotatable bonds is 34. The van der Waals surface area contributed by atoms with Gasteiger partial charge in [-0.15, -0.1) is 0 Å². The monoisotopic (exact) mass is 1360 g/mol. The van der Waals surface area contributed by atoms with E-state index in [4.69, 9.17) is 47.9 Å². The van der Waals surface area contributed by atoms with Crippen LogP contribution in [0.4, 0.5) is 0 Å². The quantitative estimate of drug-likeness (QED) is 0.0215. The number of fused-ring (bicyclic) bond motifs is 14. The first-order valence-corrected chi connectivity index (χ1v) is 35.4. The number of aromatic nitrogens is 4. The summed E-state index contributed by atoms with van der Waals surface area (Å²) in [6, 6.07) is 22.6. The highest BCUT2D eigenvalue weighted by molar-refractivity contribution is 6.19. The summed E-state index contributed by atoms with van der Waals surface area (Å²) in [7, 11) is 0. The molecule has 0 aliphatic carbocycles. The number of nitrogens with zero attached hydrogens (tertiary/aromatic N) is 2. The van der Waals surface area contributed by atoms with Crippen LogP contribution >= 0.6 is 0 Å². The lowest BCUT2D eigenvalue weighted by Gasteiger charge is -2.15. The highest BCUT2D eigenvalue weighted by Crippen LogP contribution is 2.47. The zero-order chi connectivity index (χ0) is 71.2.